The number of para-hydroxylation sites is 1. The number of nitrogens with one attached hydrogen (secondary N) is 4. The number of hydrogen-bond donors (Lipinski definition) is 4. The van der Waals surface area contributed by atoms with Crippen LogP contribution in [0.4, 0.5) is 10.1 Å². The number of allylic oxidation sites excluding steroid dienone is 1. The van der Waals surface area contributed by atoms with Crippen molar-refractivity contribution < 1.29 is 23.5 Å². The largest absolute Gasteiger partial charge is 0.493 e. The zero-order chi connectivity index (χ0) is 33.7. The van der Waals surface area contributed by atoms with Crippen molar-refractivity contribution in [1.29, 1.82) is 0 Å². The smallest absolute Gasteiger partial charge is 0.225 e. The summed E-state index contributed by atoms with van der Waals surface area (Å²) in [5, 5.41) is 11.9. The molecule has 2 aromatic carbocycles. The van der Waals surface area contributed by atoms with Crippen LogP contribution in [0.1, 0.15) is 50.9 Å². The number of benzene rings is 2. The number of aldehydes is 2. The van der Waals surface area contributed by atoms with Crippen LogP contribution in [0.15, 0.2) is 53.9 Å². The van der Waals surface area contributed by atoms with E-state index in [0.717, 1.165) is 43.2 Å². The monoisotopic (exact) mass is 635 g/mol. The van der Waals surface area contributed by atoms with Gasteiger partial charge in [-0.25, -0.2) is 4.39 Å². The first-order valence-electron chi connectivity index (χ1n) is 14.6. The zero-order valence-corrected chi connectivity index (χ0v) is 28.4. The van der Waals surface area contributed by atoms with Crippen LogP contribution >= 0.6 is 11.6 Å². The number of hydrogen-bond acceptors (Lipinski definition) is 8. The van der Waals surface area contributed by atoms with E-state index in [4.69, 9.17) is 16.3 Å². The van der Waals surface area contributed by atoms with Gasteiger partial charge in [-0.2, -0.15) is 0 Å². The van der Waals surface area contributed by atoms with E-state index in [0.29, 0.717) is 25.0 Å². The van der Waals surface area contributed by atoms with E-state index < -0.39 is 5.82 Å². The highest BCUT2D eigenvalue weighted by Gasteiger charge is 2.23. The molecule has 2 rings (SSSR count). The van der Waals surface area contributed by atoms with Gasteiger partial charge >= 0.3 is 0 Å². The van der Waals surface area contributed by atoms with Crippen molar-refractivity contribution in [2.24, 2.45) is 11.3 Å². The second kappa shape index (κ2) is 22.1. The van der Waals surface area contributed by atoms with E-state index in [1.807, 2.05) is 72.4 Å². The minimum atomic E-state index is -0.587. The number of ether oxygens (including phenoxy) is 1. The third-order valence-electron chi connectivity index (χ3n) is 6.27. The standard InChI is InChI=1S/C17H34N4O2.C9H8ClFO2.C7H9N/c1-8-13(10-21(6)7)16(19-5)14(11-22)20-15(23)9-17(2,3)12-18-4;1-2-13-9-4-8(11)7(10)3-6(9)5-12;1-8-7-5-3-2-4-6-7/h11,13,18-19H,8-10,12H2,1-7H3,(H,20,23);3-5H,2H2,1H3;2-6,8H,1H3/b16-14+;;. The maximum absolute atomic E-state index is 12.9. The normalized spacial score (nSPS) is 11.9. The second-order valence-electron chi connectivity index (χ2n) is 11.0. The lowest BCUT2D eigenvalue weighted by Gasteiger charge is -2.26. The summed E-state index contributed by atoms with van der Waals surface area (Å²) in [7, 11) is 9.55. The Bertz CT molecular complexity index is 1180. The number of nitrogens with zero attached hydrogens (tertiary/aromatic N) is 1. The highest BCUT2D eigenvalue weighted by atomic mass is 35.5. The molecule has 246 valence electrons. The summed E-state index contributed by atoms with van der Waals surface area (Å²) < 4.78 is 17.9. The third kappa shape index (κ3) is 15.8. The maximum Gasteiger partial charge on any atom is 0.225 e. The molecule has 0 aliphatic carbocycles. The minimum Gasteiger partial charge on any atom is -0.493 e. The highest BCUT2D eigenvalue weighted by Crippen LogP contribution is 2.25. The van der Waals surface area contributed by atoms with Crippen LogP contribution in [0, 0.1) is 17.2 Å². The first-order chi connectivity index (χ1) is 20.8. The van der Waals surface area contributed by atoms with Gasteiger partial charge in [0.15, 0.2) is 12.6 Å². The molecule has 0 aromatic heterocycles. The van der Waals surface area contributed by atoms with Crippen molar-refractivity contribution in [3.63, 3.8) is 0 Å². The van der Waals surface area contributed by atoms with E-state index in [-0.39, 0.29) is 33.6 Å². The molecule has 0 aliphatic rings. The Labute approximate surface area is 268 Å². The topological polar surface area (TPSA) is 112 Å². The molecule has 0 radical (unpaired) electrons. The fraction of sp³-hybridized carbons (Fsp3) is 0.485. The first-order valence-corrected chi connectivity index (χ1v) is 15.0. The molecular weight excluding hydrogens is 585 g/mol. The molecule has 2 aromatic rings. The zero-order valence-electron chi connectivity index (χ0n) is 27.6. The van der Waals surface area contributed by atoms with Crippen LogP contribution < -0.4 is 26.0 Å². The number of carbonyl (C=O) groups is 3. The van der Waals surface area contributed by atoms with E-state index in [1.165, 1.54) is 6.07 Å². The van der Waals surface area contributed by atoms with E-state index in [1.54, 1.807) is 14.0 Å². The Hall–Kier alpha value is -3.47. The Morgan fingerprint density at radius 2 is 1.73 bits per heavy atom. The molecule has 0 fully saturated rings. The molecule has 1 unspecified atom stereocenters. The molecule has 44 heavy (non-hydrogen) atoms. The molecular formula is C33H51ClFN5O4. The van der Waals surface area contributed by atoms with Crippen LogP contribution in [0.2, 0.25) is 5.02 Å². The lowest BCUT2D eigenvalue weighted by molar-refractivity contribution is -0.123. The molecule has 11 heteroatoms. The quantitative estimate of drug-likeness (QED) is 0.153. The molecule has 1 amide bonds. The van der Waals surface area contributed by atoms with Gasteiger partial charge in [0.25, 0.3) is 0 Å². The average molecular weight is 636 g/mol. The number of carbonyl (C=O) groups excluding carboxylic acids is 3. The van der Waals surface area contributed by atoms with E-state index >= 15 is 0 Å². The van der Waals surface area contributed by atoms with Crippen LogP contribution in [-0.2, 0) is 9.59 Å². The summed E-state index contributed by atoms with van der Waals surface area (Å²) in [6.45, 7) is 9.79. The van der Waals surface area contributed by atoms with Crippen molar-refractivity contribution in [2.75, 3.05) is 60.3 Å². The number of anilines is 1. The summed E-state index contributed by atoms with van der Waals surface area (Å²) in [6.07, 6.45) is 2.54. The Morgan fingerprint density at radius 3 is 2.16 bits per heavy atom. The fourth-order valence-electron chi connectivity index (χ4n) is 4.28. The Balaban J connectivity index is 0.000000726. The predicted molar refractivity (Wildman–Crippen MR) is 179 cm³/mol. The van der Waals surface area contributed by atoms with Gasteiger partial charge in [0.1, 0.15) is 17.3 Å². The second-order valence-corrected chi connectivity index (χ2v) is 11.4. The van der Waals surface area contributed by atoms with Crippen molar-refractivity contribution in [3.8, 4) is 5.75 Å². The van der Waals surface area contributed by atoms with Crippen LogP contribution in [-0.4, -0.2) is 78.3 Å². The predicted octanol–water partition coefficient (Wildman–Crippen LogP) is 5.37. The SMILES string of the molecule is CCC(CN(C)C)/C(NC)=C(/C=O)NC(=O)CC(C)(C)CNC.CCOc1cc(F)c(Cl)cc1C=O.CNc1ccccc1. The van der Waals surface area contributed by atoms with Gasteiger partial charge in [-0.3, -0.25) is 14.4 Å². The molecule has 0 spiro atoms. The van der Waals surface area contributed by atoms with Gasteiger partial charge < -0.3 is 30.9 Å². The lowest BCUT2D eigenvalue weighted by atomic mass is 9.89. The molecule has 9 nitrogen and oxygen atoms in total. The van der Waals surface area contributed by atoms with Crippen LogP contribution in [0.3, 0.4) is 0 Å². The van der Waals surface area contributed by atoms with Gasteiger partial charge in [0.2, 0.25) is 5.91 Å². The summed E-state index contributed by atoms with van der Waals surface area (Å²) in [6, 6.07) is 12.4. The first kappa shape index (κ1) is 40.5. The van der Waals surface area contributed by atoms with Gasteiger partial charge in [-0.1, -0.05) is 50.6 Å². The molecule has 0 bridgehead atoms. The van der Waals surface area contributed by atoms with Crippen LogP contribution in [0.25, 0.3) is 0 Å². The summed E-state index contributed by atoms with van der Waals surface area (Å²) in [4.78, 5) is 36.4. The van der Waals surface area contributed by atoms with Crippen molar-refractivity contribution in [3.05, 3.63) is 70.3 Å². The highest BCUT2D eigenvalue weighted by molar-refractivity contribution is 6.31. The van der Waals surface area contributed by atoms with Crippen molar-refractivity contribution in [1.82, 2.24) is 20.9 Å². The number of amides is 1. The van der Waals surface area contributed by atoms with Crippen LogP contribution in [0.5, 0.6) is 5.75 Å². The molecule has 0 aliphatic heterocycles. The van der Waals surface area contributed by atoms with E-state index in [2.05, 4.69) is 33.1 Å². The molecule has 0 heterocycles. The van der Waals surface area contributed by atoms with Crippen molar-refractivity contribution >= 4 is 35.8 Å². The van der Waals surface area contributed by atoms with Crippen molar-refractivity contribution in [2.45, 2.75) is 40.5 Å². The molecule has 0 saturated heterocycles. The maximum atomic E-state index is 12.9. The minimum absolute atomic E-state index is 0.0782. The fourth-order valence-corrected chi connectivity index (χ4v) is 4.45. The van der Waals surface area contributed by atoms with Gasteiger partial charge in [-0.05, 0) is 58.1 Å². The number of halogens is 2. The Morgan fingerprint density at radius 1 is 1.09 bits per heavy atom. The number of rotatable bonds is 15. The van der Waals surface area contributed by atoms with E-state index in [9.17, 15) is 18.8 Å². The third-order valence-corrected chi connectivity index (χ3v) is 6.56. The summed E-state index contributed by atoms with van der Waals surface area (Å²) in [5.74, 6) is -0.337. The summed E-state index contributed by atoms with van der Waals surface area (Å²) >= 11 is 5.48. The summed E-state index contributed by atoms with van der Waals surface area (Å²) in [5.41, 5.74) is 2.38. The Kier molecular flexibility index (Phi) is 20.4. The molecule has 4 N–H and O–H groups in total. The molecule has 0 saturated carbocycles. The van der Waals surface area contributed by atoms with Gasteiger partial charge in [-0.15, -0.1) is 0 Å². The lowest BCUT2D eigenvalue weighted by Crippen LogP contribution is -2.37. The molecule has 1 atom stereocenters. The van der Waals surface area contributed by atoms with Gasteiger partial charge in [0.05, 0.1) is 17.2 Å². The average Bonchev–Trinajstić information content (AvgIpc) is 2.98. The van der Waals surface area contributed by atoms with Gasteiger partial charge in [0, 0.05) is 57.0 Å².